The number of carboxylic acid groups (broad SMARTS) is 4. The van der Waals surface area contributed by atoms with Crippen molar-refractivity contribution in [3.63, 3.8) is 0 Å². The molecule has 0 radical (unpaired) electrons. The molecule has 0 spiro atoms. The molecule has 0 aliphatic rings. The van der Waals surface area contributed by atoms with E-state index in [1.54, 1.807) is 0 Å². The first-order valence-corrected chi connectivity index (χ1v) is 2.13. The Labute approximate surface area is 99.8 Å². The van der Waals surface area contributed by atoms with Crippen molar-refractivity contribution in [2.75, 3.05) is 0 Å². The minimum absolute atomic E-state index is 0. The molecule has 0 N–H and O–H groups in total. The van der Waals surface area contributed by atoms with E-state index >= 15 is 0 Å². The van der Waals surface area contributed by atoms with E-state index < -0.39 is 23.9 Å². The van der Waals surface area contributed by atoms with Crippen molar-refractivity contribution in [3.05, 3.63) is 0 Å². The Kier molecular flexibility index (Phi) is 19.8. The number of aliphatic carboxylic acids is 4. The van der Waals surface area contributed by atoms with Gasteiger partial charge in [-0.05, 0) is 0 Å². The monoisotopic (exact) mass is 210 g/mol. The van der Waals surface area contributed by atoms with E-state index in [1.807, 2.05) is 0 Å². The average molecular weight is 210 g/mol. The largest absolute Gasteiger partial charge is 3.00 e. The van der Waals surface area contributed by atoms with Crippen LogP contribution in [0.2, 0.25) is 0 Å². The molecule has 8 nitrogen and oxygen atoms in total. The molecule has 0 unspecified atom stereocenters. The maximum Gasteiger partial charge on any atom is 3.00 e. The van der Waals surface area contributed by atoms with E-state index in [9.17, 15) is 0 Å². The second kappa shape index (κ2) is 12.0. The third-order valence-corrected chi connectivity index (χ3v) is 0.333. The summed E-state index contributed by atoms with van der Waals surface area (Å²) in [6, 6.07) is 0. The summed E-state index contributed by atoms with van der Waals surface area (Å²) in [4.78, 5) is 35.7. The van der Waals surface area contributed by atoms with Crippen molar-refractivity contribution < 1.29 is 58.5 Å². The zero-order valence-corrected chi connectivity index (χ0v) is 8.00. The third kappa shape index (κ3) is 22.5. The van der Waals surface area contributed by atoms with Crippen LogP contribution in [0.3, 0.4) is 0 Å². The zero-order chi connectivity index (χ0) is 10.3. The van der Waals surface area contributed by atoms with E-state index in [4.69, 9.17) is 39.6 Å². The van der Waals surface area contributed by atoms with Gasteiger partial charge in [0.1, 0.15) is 0 Å². The maximum absolute atomic E-state index is 8.93. The molecule has 0 saturated heterocycles. The summed E-state index contributed by atoms with van der Waals surface area (Å²) in [5.74, 6) is -8.74. The van der Waals surface area contributed by atoms with E-state index in [0.29, 0.717) is 0 Å². The van der Waals surface area contributed by atoms with Crippen molar-refractivity contribution in [1.29, 1.82) is 0 Å². The Bertz CT molecular complexity index is 177. The summed E-state index contributed by atoms with van der Waals surface area (Å²) < 4.78 is 0. The predicted octanol–water partition coefficient (Wildman–Crippen LogP) is -10.4. The Morgan fingerprint density at radius 1 is 0.571 bits per heavy atom. The van der Waals surface area contributed by atoms with Gasteiger partial charge in [0.05, 0.1) is 23.9 Å². The molecule has 0 aromatic rings. The van der Waals surface area contributed by atoms with E-state index in [0.717, 1.165) is 0 Å². The number of carbonyl (C=O) groups excluding carboxylic acids is 4. The van der Waals surface area contributed by atoms with E-state index in [1.165, 1.54) is 0 Å². The Hall–Kier alpha value is -0.990. The second-order valence-electron chi connectivity index (χ2n) is 1.15. The molecule has 0 aromatic heterocycles. The van der Waals surface area contributed by atoms with Gasteiger partial charge in [0, 0.05) is 0 Å². The normalized spacial score (nSPS) is 6.29. The molecule has 0 atom stereocenters. The predicted molar refractivity (Wildman–Crippen MR) is 25.8 cm³/mol. The quantitative estimate of drug-likeness (QED) is 0.281. The van der Waals surface area contributed by atoms with Crippen molar-refractivity contribution in [3.8, 4) is 0 Å². The zero-order valence-electron chi connectivity index (χ0n) is 6.84. The molecule has 0 aromatic carbocycles. The van der Waals surface area contributed by atoms with Crippen LogP contribution in [0.5, 0.6) is 0 Å². The SMILES string of the molecule is O=C([O-])C(=O)[O-].O=C([O-])C(=O)[O-].[Al+3].[Li+]. The van der Waals surface area contributed by atoms with Crippen molar-refractivity contribution in [1.82, 2.24) is 0 Å². The van der Waals surface area contributed by atoms with Gasteiger partial charge in [0.15, 0.2) is 0 Å². The first kappa shape index (κ1) is 23.1. The molecule has 0 saturated carbocycles. The topological polar surface area (TPSA) is 161 Å². The van der Waals surface area contributed by atoms with Crippen molar-refractivity contribution >= 4 is 41.2 Å². The average Bonchev–Trinajstić information content (AvgIpc) is 1.88. The van der Waals surface area contributed by atoms with Gasteiger partial charge in [0.2, 0.25) is 0 Å². The Balaban J connectivity index is -0.0000000625. The van der Waals surface area contributed by atoms with Gasteiger partial charge in [-0.2, -0.15) is 0 Å². The van der Waals surface area contributed by atoms with E-state index in [-0.39, 0.29) is 36.2 Å². The molecule has 0 heterocycles. The van der Waals surface area contributed by atoms with Crippen LogP contribution in [0.15, 0.2) is 0 Å². The minimum Gasteiger partial charge on any atom is -0.543 e. The third-order valence-electron chi connectivity index (χ3n) is 0.333. The molecule has 10 heteroatoms. The summed E-state index contributed by atoms with van der Waals surface area (Å²) in [6.45, 7) is 0. The van der Waals surface area contributed by atoms with Crippen molar-refractivity contribution in [2.24, 2.45) is 0 Å². The van der Waals surface area contributed by atoms with Crippen LogP contribution in [-0.4, -0.2) is 41.2 Å². The summed E-state index contributed by atoms with van der Waals surface area (Å²) in [5, 5.41) is 35.7. The van der Waals surface area contributed by atoms with Gasteiger partial charge in [-0.15, -0.1) is 0 Å². The molecular formula is C4AlLiO8. The van der Waals surface area contributed by atoms with Crippen LogP contribution < -0.4 is 39.3 Å². The summed E-state index contributed by atoms with van der Waals surface area (Å²) in [5.41, 5.74) is 0. The summed E-state index contributed by atoms with van der Waals surface area (Å²) in [6.07, 6.45) is 0. The maximum atomic E-state index is 8.93. The Morgan fingerprint density at radius 2 is 0.643 bits per heavy atom. The van der Waals surface area contributed by atoms with Crippen LogP contribution >= 0.6 is 0 Å². The van der Waals surface area contributed by atoms with Gasteiger partial charge in [-0.1, -0.05) is 0 Å². The van der Waals surface area contributed by atoms with Gasteiger partial charge in [-0.25, -0.2) is 0 Å². The molecule has 0 aliphatic heterocycles. The number of carboxylic acids is 4. The van der Waals surface area contributed by atoms with Crippen LogP contribution in [0.25, 0.3) is 0 Å². The molecule has 0 fully saturated rings. The fourth-order valence-corrected chi connectivity index (χ4v) is 0. The molecule has 0 bridgehead atoms. The van der Waals surface area contributed by atoms with Crippen LogP contribution in [0.4, 0.5) is 0 Å². The van der Waals surface area contributed by atoms with E-state index in [2.05, 4.69) is 0 Å². The molecule has 0 amide bonds. The second-order valence-corrected chi connectivity index (χ2v) is 1.15. The van der Waals surface area contributed by atoms with Crippen LogP contribution in [-0.2, 0) is 19.2 Å². The van der Waals surface area contributed by atoms with Gasteiger partial charge in [0.25, 0.3) is 0 Å². The number of hydrogen-bond donors (Lipinski definition) is 0. The minimum atomic E-state index is -2.19. The fraction of sp³-hybridized carbons (Fsp3) is 0. The fourth-order valence-electron chi connectivity index (χ4n) is 0. The smallest absolute Gasteiger partial charge is 0.543 e. The standard InChI is InChI=1S/2C2H2O4.Al.Li/c2*3-1(4)2(5)6;;/h2*(H,3,4)(H,5,6);;/q;;+3;+1/p-4. The molecule has 14 heavy (non-hydrogen) atoms. The number of carbonyl (C=O) groups is 4. The Morgan fingerprint density at radius 3 is 0.643 bits per heavy atom. The summed E-state index contributed by atoms with van der Waals surface area (Å²) in [7, 11) is 0. The first-order chi connectivity index (χ1) is 5.29. The van der Waals surface area contributed by atoms with Crippen LogP contribution in [0, 0.1) is 0 Å². The van der Waals surface area contributed by atoms with Gasteiger partial charge in [-0.3, -0.25) is 0 Å². The van der Waals surface area contributed by atoms with Crippen molar-refractivity contribution in [2.45, 2.75) is 0 Å². The molecule has 68 valence electrons. The molecule has 0 aliphatic carbocycles. The molecular weight excluding hydrogens is 210 g/mol. The first-order valence-electron chi connectivity index (χ1n) is 2.13. The van der Waals surface area contributed by atoms with Gasteiger partial charge >= 0.3 is 36.2 Å². The van der Waals surface area contributed by atoms with Crippen LogP contribution in [0.1, 0.15) is 0 Å². The summed E-state index contributed by atoms with van der Waals surface area (Å²) >= 11 is 0. The number of rotatable bonds is 0. The molecule has 0 rings (SSSR count). The van der Waals surface area contributed by atoms with Gasteiger partial charge < -0.3 is 39.6 Å². The number of hydrogen-bond acceptors (Lipinski definition) is 8.